The van der Waals surface area contributed by atoms with Crippen molar-refractivity contribution in [2.75, 3.05) is 18.0 Å². The molecular formula is C19H25N5. The molecule has 1 saturated carbocycles. The summed E-state index contributed by atoms with van der Waals surface area (Å²) in [6.07, 6.45) is 10.5. The lowest BCUT2D eigenvalue weighted by Gasteiger charge is -2.39. The van der Waals surface area contributed by atoms with Gasteiger partial charge in [-0.1, -0.05) is 6.07 Å². The summed E-state index contributed by atoms with van der Waals surface area (Å²) in [7, 11) is 0. The van der Waals surface area contributed by atoms with Crippen LogP contribution in [0.25, 0.3) is 0 Å². The maximum atomic E-state index is 4.56. The third kappa shape index (κ3) is 3.56. The first-order valence-electron chi connectivity index (χ1n) is 8.98. The first-order valence-corrected chi connectivity index (χ1v) is 8.98. The molecule has 2 aromatic heterocycles. The Labute approximate surface area is 143 Å². The summed E-state index contributed by atoms with van der Waals surface area (Å²) in [5.41, 5.74) is 2.36. The molecule has 0 atom stereocenters. The summed E-state index contributed by atoms with van der Waals surface area (Å²) in [6.45, 7) is 5.35. The lowest BCUT2D eigenvalue weighted by atomic mass is 10.0. The molecule has 2 aromatic rings. The quantitative estimate of drug-likeness (QED) is 0.846. The molecule has 1 aliphatic heterocycles. The Balaban J connectivity index is 1.40. The highest BCUT2D eigenvalue weighted by Crippen LogP contribution is 2.35. The van der Waals surface area contributed by atoms with Gasteiger partial charge in [0.2, 0.25) is 0 Å². The minimum atomic E-state index is 0.608. The summed E-state index contributed by atoms with van der Waals surface area (Å²) in [6, 6.07) is 7.62. The van der Waals surface area contributed by atoms with Crippen LogP contribution in [-0.2, 0) is 6.54 Å². The van der Waals surface area contributed by atoms with E-state index >= 15 is 0 Å². The third-order valence-electron chi connectivity index (χ3n) is 5.07. The van der Waals surface area contributed by atoms with Crippen molar-refractivity contribution in [3.05, 3.63) is 48.2 Å². The predicted octanol–water partition coefficient (Wildman–Crippen LogP) is 2.81. The molecule has 0 amide bonds. The maximum Gasteiger partial charge on any atom is 0.132 e. The van der Waals surface area contributed by atoms with Gasteiger partial charge in [0.1, 0.15) is 12.1 Å². The normalized spacial score (nSPS) is 19.4. The highest BCUT2D eigenvalue weighted by molar-refractivity contribution is 5.43. The number of nitrogens with zero attached hydrogens (tertiary/aromatic N) is 5. The zero-order chi connectivity index (χ0) is 16.4. The fourth-order valence-electron chi connectivity index (χ4n) is 3.71. The minimum absolute atomic E-state index is 0.608. The molecule has 0 unspecified atom stereocenters. The molecule has 0 N–H and O–H groups in total. The third-order valence-corrected chi connectivity index (χ3v) is 5.07. The summed E-state index contributed by atoms with van der Waals surface area (Å²) in [5.74, 6) is 1.12. The minimum Gasteiger partial charge on any atom is -0.350 e. The molecule has 5 heteroatoms. The average molecular weight is 323 g/mol. The Hall–Kier alpha value is -2.01. The molecule has 1 saturated heterocycles. The molecule has 2 aliphatic rings. The molecule has 24 heavy (non-hydrogen) atoms. The van der Waals surface area contributed by atoms with E-state index in [0.29, 0.717) is 12.1 Å². The molecule has 0 aromatic carbocycles. The standard InChI is InChI=1S/C19H25N5/c1-15-11-19(22-14-21-15)24(17-4-5-17)18-6-9-23(10-7-18)13-16-3-2-8-20-12-16/h2-3,8,11-12,14,17-18H,4-7,9-10,13H2,1H3. The largest absolute Gasteiger partial charge is 0.350 e. The van der Waals surface area contributed by atoms with Crippen LogP contribution < -0.4 is 4.90 Å². The monoisotopic (exact) mass is 323 g/mol. The van der Waals surface area contributed by atoms with Crippen molar-refractivity contribution < 1.29 is 0 Å². The van der Waals surface area contributed by atoms with Crippen LogP contribution >= 0.6 is 0 Å². The summed E-state index contributed by atoms with van der Waals surface area (Å²) < 4.78 is 0. The van der Waals surface area contributed by atoms with Crippen molar-refractivity contribution in [2.45, 2.75) is 51.2 Å². The van der Waals surface area contributed by atoms with E-state index in [2.05, 4.69) is 36.9 Å². The maximum absolute atomic E-state index is 4.56. The SMILES string of the molecule is Cc1cc(N(C2CC2)C2CCN(Cc3cccnc3)CC2)ncn1. The van der Waals surface area contributed by atoms with E-state index in [-0.39, 0.29) is 0 Å². The molecule has 3 heterocycles. The van der Waals surface area contributed by atoms with Crippen LogP contribution in [0.1, 0.15) is 36.9 Å². The van der Waals surface area contributed by atoms with Crippen molar-refractivity contribution in [2.24, 2.45) is 0 Å². The van der Waals surface area contributed by atoms with Crippen molar-refractivity contribution in [1.82, 2.24) is 19.9 Å². The molecule has 1 aliphatic carbocycles. The van der Waals surface area contributed by atoms with E-state index in [1.807, 2.05) is 25.4 Å². The van der Waals surface area contributed by atoms with Crippen LogP contribution in [0.3, 0.4) is 0 Å². The molecule has 2 fully saturated rings. The van der Waals surface area contributed by atoms with Crippen LogP contribution in [0.2, 0.25) is 0 Å². The Bertz CT molecular complexity index is 662. The van der Waals surface area contributed by atoms with Gasteiger partial charge in [0.15, 0.2) is 0 Å². The summed E-state index contributed by atoms with van der Waals surface area (Å²) in [5, 5.41) is 0. The Morgan fingerprint density at radius 1 is 1.12 bits per heavy atom. The number of piperidine rings is 1. The van der Waals surface area contributed by atoms with Crippen molar-refractivity contribution in [1.29, 1.82) is 0 Å². The number of anilines is 1. The first-order chi connectivity index (χ1) is 11.8. The van der Waals surface area contributed by atoms with Gasteiger partial charge in [0, 0.05) is 55.9 Å². The molecular weight excluding hydrogens is 298 g/mol. The van der Waals surface area contributed by atoms with Crippen LogP contribution in [0.15, 0.2) is 36.9 Å². The highest BCUT2D eigenvalue weighted by Gasteiger charge is 2.36. The average Bonchev–Trinajstić information content (AvgIpc) is 3.43. The lowest BCUT2D eigenvalue weighted by Crippen LogP contribution is -2.46. The van der Waals surface area contributed by atoms with Gasteiger partial charge >= 0.3 is 0 Å². The molecule has 5 nitrogen and oxygen atoms in total. The van der Waals surface area contributed by atoms with Gasteiger partial charge in [-0.25, -0.2) is 9.97 Å². The van der Waals surface area contributed by atoms with Gasteiger partial charge < -0.3 is 4.90 Å². The fraction of sp³-hybridized carbons (Fsp3) is 0.526. The van der Waals surface area contributed by atoms with Crippen LogP contribution in [-0.4, -0.2) is 45.0 Å². The smallest absolute Gasteiger partial charge is 0.132 e. The second-order valence-corrected chi connectivity index (χ2v) is 7.02. The van der Waals surface area contributed by atoms with E-state index in [4.69, 9.17) is 0 Å². The van der Waals surface area contributed by atoms with Gasteiger partial charge in [-0.2, -0.15) is 0 Å². The Morgan fingerprint density at radius 3 is 2.58 bits per heavy atom. The van der Waals surface area contributed by atoms with E-state index in [9.17, 15) is 0 Å². The number of aromatic nitrogens is 3. The summed E-state index contributed by atoms with van der Waals surface area (Å²) in [4.78, 5) is 18.2. The molecule has 0 bridgehead atoms. The fourth-order valence-corrected chi connectivity index (χ4v) is 3.71. The number of rotatable bonds is 5. The van der Waals surface area contributed by atoms with Crippen LogP contribution in [0.4, 0.5) is 5.82 Å². The van der Waals surface area contributed by atoms with Gasteiger partial charge in [0.05, 0.1) is 0 Å². The topological polar surface area (TPSA) is 45.2 Å². The second kappa shape index (κ2) is 6.85. The van der Waals surface area contributed by atoms with E-state index in [1.165, 1.54) is 31.2 Å². The molecule has 126 valence electrons. The van der Waals surface area contributed by atoms with Gasteiger partial charge in [-0.15, -0.1) is 0 Å². The zero-order valence-electron chi connectivity index (χ0n) is 14.3. The number of pyridine rings is 1. The second-order valence-electron chi connectivity index (χ2n) is 7.02. The van der Waals surface area contributed by atoms with E-state index < -0.39 is 0 Å². The Morgan fingerprint density at radius 2 is 1.92 bits per heavy atom. The zero-order valence-corrected chi connectivity index (χ0v) is 14.3. The van der Waals surface area contributed by atoms with Crippen molar-refractivity contribution in [3.63, 3.8) is 0 Å². The molecule has 0 radical (unpaired) electrons. The highest BCUT2D eigenvalue weighted by atomic mass is 15.3. The van der Waals surface area contributed by atoms with Crippen LogP contribution in [0, 0.1) is 6.92 Å². The number of aryl methyl sites for hydroxylation is 1. The molecule has 4 rings (SSSR count). The van der Waals surface area contributed by atoms with Gasteiger partial charge in [-0.3, -0.25) is 9.88 Å². The van der Waals surface area contributed by atoms with Gasteiger partial charge in [-0.05, 0) is 44.2 Å². The van der Waals surface area contributed by atoms with E-state index in [0.717, 1.165) is 31.1 Å². The predicted molar refractivity (Wildman–Crippen MR) is 94.8 cm³/mol. The van der Waals surface area contributed by atoms with Crippen LogP contribution in [0.5, 0.6) is 0 Å². The van der Waals surface area contributed by atoms with E-state index in [1.54, 1.807) is 6.33 Å². The lowest BCUT2D eigenvalue weighted by molar-refractivity contribution is 0.200. The van der Waals surface area contributed by atoms with Crippen molar-refractivity contribution in [3.8, 4) is 0 Å². The number of hydrogen-bond donors (Lipinski definition) is 0. The van der Waals surface area contributed by atoms with Gasteiger partial charge in [0.25, 0.3) is 0 Å². The number of hydrogen-bond acceptors (Lipinski definition) is 5. The first kappa shape index (κ1) is 15.5. The van der Waals surface area contributed by atoms with Crippen molar-refractivity contribution >= 4 is 5.82 Å². The molecule has 0 spiro atoms. The summed E-state index contributed by atoms with van der Waals surface area (Å²) >= 11 is 0. The number of likely N-dealkylation sites (tertiary alicyclic amines) is 1. The Kier molecular flexibility index (Phi) is 4.43.